The number of carbonyl (C=O) groups is 1. The first-order valence-electron chi connectivity index (χ1n) is 10.3. The van der Waals surface area contributed by atoms with E-state index in [1.807, 2.05) is 6.92 Å². The first kappa shape index (κ1) is 19.0. The number of aryl methyl sites for hydroxylation is 1. The molecule has 1 fully saturated rings. The zero-order chi connectivity index (χ0) is 19.7. The molecule has 4 rings (SSSR count). The molecular weight excluding hydrogens is 350 g/mol. The fourth-order valence-electron chi connectivity index (χ4n) is 4.54. The van der Waals surface area contributed by atoms with Crippen LogP contribution in [0.4, 0.5) is 0 Å². The highest BCUT2D eigenvalue weighted by Crippen LogP contribution is 2.30. The van der Waals surface area contributed by atoms with Gasteiger partial charge in [0.25, 0.3) is 0 Å². The second-order valence-corrected chi connectivity index (χ2v) is 7.77. The molecule has 0 saturated heterocycles. The van der Waals surface area contributed by atoms with Gasteiger partial charge in [0.05, 0.1) is 6.54 Å². The molecule has 1 aliphatic rings. The highest BCUT2D eigenvalue weighted by Gasteiger charge is 2.33. The summed E-state index contributed by atoms with van der Waals surface area (Å²) < 4.78 is 2.38. The van der Waals surface area contributed by atoms with Gasteiger partial charge in [0.1, 0.15) is 0 Å². The van der Waals surface area contributed by atoms with Crippen LogP contribution in [0.25, 0.3) is 21.8 Å². The number of hydrogen-bond donors (Lipinski definition) is 2. The van der Waals surface area contributed by atoms with Crippen molar-refractivity contribution in [2.45, 2.75) is 51.9 Å². The van der Waals surface area contributed by atoms with Crippen LogP contribution in [0.3, 0.4) is 0 Å². The molecule has 1 saturated carbocycles. The summed E-state index contributed by atoms with van der Waals surface area (Å²) in [4.78, 5) is 13.0. The third kappa shape index (κ3) is 3.52. The van der Waals surface area contributed by atoms with Crippen molar-refractivity contribution in [3.05, 3.63) is 48.0 Å². The first-order chi connectivity index (χ1) is 13.6. The van der Waals surface area contributed by atoms with Gasteiger partial charge in [0, 0.05) is 47.0 Å². The van der Waals surface area contributed by atoms with E-state index in [0.717, 1.165) is 32.5 Å². The first-order valence-corrected chi connectivity index (χ1v) is 10.3. The average molecular weight is 380 g/mol. The molecule has 148 valence electrons. The fourth-order valence-corrected chi connectivity index (χ4v) is 4.54. The van der Waals surface area contributed by atoms with Crippen LogP contribution in [0.5, 0.6) is 0 Å². The number of aliphatic carboxylic acids is 1. The molecule has 0 amide bonds. The van der Waals surface area contributed by atoms with Crippen LogP contribution in [-0.2, 0) is 17.9 Å². The number of rotatable bonds is 8. The maximum atomic E-state index is 11.0. The topological polar surface area (TPSA) is 57.5 Å². The molecule has 5 heteroatoms. The van der Waals surface area contributed by atoms with E-state index in [1.165, 1.54) is 27.4 Å². The van der Waals surface area contributed by atoms with Crippen molar-refractivity contribution in [3.8, 4) is 0 Å². The molecule has 1 aromatic heterocycles. The Balaban J connectivity index is 1.43. The van der Waals surface area contributed by atoms with Crippen molar-refractivity contribution in [1.82, 2.24) is 14.8 Å². The van der Waals surface area contributed by atoms with Crippen molar-refractivity contribution >= 4 is 27.8 Å². The summed E-state index contributed by atoms with van der Waals surface area (Å²) in [6, 6.07) is 16.3. The van der Waals surface area contributed by atoms with Gasteiger partial charge in [-0.25, -0.2) is 0 Å². The molecule has 28 heavy (non-hydrogen) atoms. The molecule has 1 aliphatic carbocycles. The molecule has 3 aromatic rings. The SMILES string of the molecule is CCN(CC(=O)O)C1CC(NCc2ccc3c(c2)c2ccccc2n3CC)C1. The van der Waals surface area contributed by atoms with Crippen LogP contribution < -0.4 is 5.32 Å². The summed E-state index contributed by atoms with van der Waals surface area (Å²) in [5.41, 5.74) is 3.89. The van der Waals surface area contributed by atoms with E-state index in [9.17, 15) is 4.79 Å². The Labute approximate surface area is 165 Å². The summed E-state index contributed by atoms with van der Waals surface area (Å²) in [7, 11) is 0. The summed E-state index contributed by atoms with van der Waals surface area (Å²) in [5.74, 6) is -0.738. The summed E-state index contributed by atoms with van der Waals surface area (Å²) in [6.45, 7) is 6.98. The Kier molecular flexibility index (Phi) is 5.38. The van der Waals surface area contributed by atoms with E-state index < -0.39 is 5.97 Å². The summed E-state index contributed by atoms with van der Waals surface area (Å²) in [6.07, 6.45) is 2.05. The van der Waals surface area contributed by atoms with Crippen molar-refractivity contribution in [1.29, 1.82) is 0 Å². The van der Waals surface area contributed by atoms with E-state index in [1.54, 1.807) is 0 Å². The van der Waals surface area contributed by atoms with Crippen LogP contribution in [-0.4, -0.2) is 45.7 Å². The molecule has 0 unspecified atom stereocenters. The number of nitrogens with zero attached hydrogens (tertiary/aromatic N) is 2. The van der Waals surface area contributed by atoms with E-state index in [-0.39, 0.29) is 6.54 Å². The lowest BCUT2D eigenvalue weighted by Gasteiger charge is -2.42. The maximum absolute atomic E-state index is 11.0. The number of nitrogens with one attached hydrogen (secondary N) is 1. The largest absolute Gasteiger partial charge is 0.480 e. The van der Waals surface area contributed by atoms with Crippen LogP contribution >= 0.6 is 0 Å². The number of carboxylic acids is 1. The Bertz CT molecular complexity index is 988. The predicted octanol–water partition coefficient (Wildman–Crippen LogP) is 3.84. The van der Waals surface area contributed by atoms with Gasteiger partial charge < -0.3 is 15.0 Å². The van der Waals surface area contributed by atoms with Crippen molar-refractivity contribution in [2.24, 2.45) is 0 Å². The van der Waals surface area contributed by atoms with E-state index in [0.29, 0.717) is 12.1 Å². The van der Waals surface area contributed by atoms with Crippen LogP contribution in [0.15, 0.2) is 42.5 Å². The van der Waals surface area contributed by atoms with E-state index >= 15 is 0 Å². The zero-order valence-electron chi connectivity index (χ0n) is 16.7. The lowest BCUT2D eigenvalue weighted by Crippen LogP contribution is -2.53. The van der Waals surface area contributed by atoms with Gasteiger partial charge in [-0.15, -0.1) is 0 Å². The van der Waals surface area contributed by atoms with Crippen LogP contribution in [0.1, 0.15) is 32.3 Å². The Morgan fingerprint density at radius 2 is 1.89 bits per heavy atom. The number of fused-ring (bicyclic) bond motifs is 3. The third-order valence-corrected chi connectivity index (χ3v) is 6.12. The Morgan fingerprint density at radius 3 is 2.61 bits per heavy atom. The molecule has 0 bridgehead atoms. The molecule has 1 heterocycles. The minimum absolute atomic E-state index is 0.145. The molecule has 2 aromatic carbocycles. The normalized spacial score (nSPS) is 19.4. The van der Waals surface area contributed by atoms with Gasteiger partial charge in [-0.1, -0.05) is 31.2 Å². The molecule has 2 N–H and O–H groups in total. The second-order valence-electron chi connectivity index (χ2n) is 7.77. The van der Waals surface area contributed by atoms with Crippen molar-refractivity contribution in [3.63, 3.8) is 0 Å². The number of likely N-dealkylation sites (N-methyl/N-ethyl adjacent to an activating group) is 1. The zero-order valence-corrected chi connectivity index (χ0v) is 16.7. The van der Waals surface area contributed by atoms with Gasteiger partial charge in [-0.3, -0.25) is 9.69 Å². The predicted molar refractivity (Wildman–Crippen MR) is 114 cm³/mol. The average Bonchev–Trinajstić information content (AvgIpc) is 2.98. The Hall–Kier alpha value is -2.37. The van der Waals surface area contributed by atoms with Crippen LogP contribution in [0.2, 0.25) is 0 Å². The third-order valence-electron chi connectivity index (χ3n) is 6.12. The molecule has 5 nitrogen and oxygen atoms in total. The van der Waals surface area contributed by atoms with Gasteiger partial charge >= 0.3 is 5.97 Å². The Morgan fingerprint density at radius 1 is 1.14 bits per heavy atom. The van der Waals surface area contributed by atoms with E-state index in [4.69, 9.17) is 5.11 Å². The smallest absolute Gasteiger partial charge is 0.317 e. The van der Waals surface area contributed by atoms with Gasteiger partial charge in [-0.05, 0) is 50.1 Å². The number of aromatic nitrogens is 1. The van der Waals surface area contributed by atoms with Crippen molar-refractivity contribution in [2.75, 3.05) is 13.1 Å². The highest BCUT2D eigenvalue weighted by atomic mass is 16.4. The standard InChI is InChI=1S/C23H29N3O2/c1-3-25(15-23(27)28)18-12-17(13-18)24-14-16-9-10-22-20(11-16)19-7-5-6-8-21(19)26(22)4-2/h5-11,17-18,24H,3-4,12-15H2,1-2H3,(H,27,28). The fraction of sp³-hybridized carbons (Fsp3) is 0.435. The molecule has 0 spiro atoms. The molecule has 0 radical (unpaired) electrons. The minimum atomic E-state index is -0.738. The second kappa shape index (κ2) is 7.94. The summed E-state index contributed by atoms with van der Waals surface area (Å²) in [5, 5.41) is 15.3. The van der Waals surface area contributed by atoms with Gasteiger partial charge in [-0.2, -0.15) is 0 Å². The lowest BCUT2D eigenvalue weighted by molar-refractivity contribution is -0.139. The van der Waals surface area contributed by atoms with Crippen LogP contribution in [0, 0.1) is 0 Å². The number of benzene rings is 2. The van der Waals surface area contributed by atoms with Gasteiger partial charge in [0.2, 0.25) is 0 Å². The van der Waals surface area contributed by atoms with Gasteiger partial charge in [0.15, 0.2) is 0 Å². The molecule has 0 atom stereocenters. The molecular formula is C23H29N3O2. The minimum Gasteiger partial charge on any atom is -0.480 e. The molecule has 0 aliphatic heterocycles. The number of hydrogen-bond acceptors (Lipinski definition) is 3. The number of carboxylic acid groups (broad SMARTS) is 1. The summed E-state index contributed by atoms with van der Waals surface area (Å²) >= 11 is 0. The monoisotopic (exact) mass is 379 g/mol. The maximum Gasteiger partial charge on any atom is 0.317 e. The lowest BCUT2D eigenvalue weighted by atomic mass is 9.85. The highest BCUT2D eigenvalue weighted by molar-refractivity contribution is 6.08. The van der Waals surface area contributed by atoms with Crippen molar-refractivity contribution < 1.29 is 9.90 Å². The van der Waals surface area contributed by atoms with E-state index in [2.05, 4.69) is 64.2 Å². The number of para-hydroxylation sites is 1. The quantitative estimate of drug-likeness (QED) is 0.624.